The van der Waals surface area contributed by atoms with Crippen molar-refractivity contribution < 1.29 is 9.84 Å². The molecule has 4 N–H and O–H groups in total. The van der Waals surface area contributed by atoms with Gasteiger partial charge in [0.2, 0.25) is 5.88 Å². The molecule has 5 heteroatoms. The van der Waals surface area contributed by atoms with Gasteiger partial charge in [0.1, 0.15) is 0 Å². The fraction of sp³-hybridized carbons (Fsp3) is 0.583. The highest BCUT2D eigenvalue weighted by atomic mass is 16.5. The molecule has 0 spiro atoms. The number of nitrogens with two attached hydrogens (primary N) is 1. The summed E-state index contributed by atoms with van der Waals surface area (Å²) in [6, 6.07) is 3.49. The van der Waals surface area contributed by atoms with Gasteiger partial charge in [-0.05, 0) is 18.4 Å². The number of rotatable bonds is 7. The molecular formula is C12H21N3O2. The summed E-state index contributed by atoms with van der Waals surface area (Å²) in [6.45, 7) is 3.06. The molecule has 0 aliphatic heterocycles. The number of aliphatic hydroxyl groups is 1. The van der Waals surface area contributed by atoms with E-state index in [4.69, 9.17) is 15.6 Å². The first-order valence-corrected chi connectivity index (χ1v) is 5.86. The lowest BCUT2D eigenvalue weighted by Crippen LogP contribution is -2.16. The van der Waals surface area contributed by atoms with Crippen LogP contribution in [0.15, 0.2) is 12.1 Å². The number of hydrogen-bond acceptors (Lipinski definition) is 5. The van der Waals surface area contributed by atoms with Crippen molar-refractivity contribution in [2.24, 2.45) is 5.92 Å². The number of aliphatic hydroxyl groups excluding tert-OH is 1. The van der Waals surface area contributed by atoms with Gasteiger partial charge < -0.3 is 20.9 Å². The van der Waals surface area contributed by atoms with E-state index in [1.54, 1.807) is 19.2 Å². The van der Waals surface area contributed by atoms with E-state index in [-0.39, 0.29) is 6.61 Å². The van der Waals surface area contributed by atoms with Crippen molar-refractivity contribution in [3.63, 3.8) is 0 Å². The number of ether oxygens (including phenoxy) is 1. The van der Waals surface area contributed by atoms with Gasteiger partial charge in [-0.3, -0.25) is 0 Å². The Hall–Kier alpha value is -1.49. The minimum atomic E-state index is 0.210. The zero-order chi connectivity index (χ0) is 12.7. The number of pyridine rings is 1. The van der Waals surface area contributed by atoms with Gasteiger partial charge in [-0.25, -0.2) is 0 Å². The van der Waals surface area contributed by atoms with E-state index >= 15 is 0 Å². The van der Waals surface area contributed by atoms with Crippen LogP contribution in [0.3, 0.4) is 0 Å². The molecule has 0 saturated carbocycles. The van der Waals surface area contributed by atoms with Crippen LogP contribution in [0.5, 0.6) is 5.88 Å². The SMILES string of the molecule is CCC(CCO)CNc1nc(OC)ccc1N. The summed E-state index contributed by atoms with van der Waals surface area (Å²) in [5, 5.41) is 12.1. The maximum atomic E-state index is 8.91. The summed E-state index contributed by atoms with van der Waals surface area (Å²) in [5.41, 5.74) is 6.42. The van der Waals surface area contributed by atoms with E-state index in [1.807, 2.05) is 0 Å². The number of anilines is 2. The molecule has 1 unspecified atom stereocenters. The van der Waals surface area contributed by atoms with Crippen molar-refractivity contribution in [1.29, 1.82) is 0 Å². The molecule has 1 rings (SSSR count). The van der Waals surface area contributed by atoms with Crippen molar-refractivity contribution >= 4 is 11.5 Å². The van der Waals surface area contributed by atoms with E-state index in [9.17, 15) is 0 Å². The monoisotopic (exact) mass is 239 g/mol. The molecule has 0 radical (unpaired) electrons. The number of methoxy groups -OCH3 is 1. The van der Waals surface area contributed by atoms with Gasteiger partial charge in [0.05, 0.1) is 12.8 Å². The van der Waals surface area contributed by atoms with E-state index in [0.717, 1.165) is 19.4 Å². The Morgan fingerprint density at radius 1 is 1.53 bits per heavy atom. The highest BCUT2D eigenvalue weighted by molar-refractivity contribution is 5.61. The Balaban J connectivity index is 2.60. The summed E-state index contributed by atoms with van der Waals surface area (Å²) in [6.07, 6.45) is 1.80. The van der Waals surface area contributed by atoms with E-state index in [2.05, 4.69) is 17.2 Å². The maximum Gasteiger partial charge on any atom is 0.215 e. The van der Waals surface area contributed by atoms with E-state index in [0.29, 0.717) is 23.3 Å². The second kappa shape index (κ2) is 6.96. The average Bonchev–Trinajstić information content (AvgIpc) is 2.36. The minimum absolute atomic E-state index is 0.210. The molecule has 0 fully saturated rings. The molecule has 17 heavy (non-hydrogen) atoms. The molecule has 1 heterocycles. The van der Waals surface area contributed by atoms with Crippen molar-refractivity contribution in [2.75, 3.05) is 31.3 Å². The highest BCUT2D eigenvalue weighted by Gasteiger charge is 2.08. The average molecular weight is 239 g/mol. The summed E-state index contributed by atoms with van der Waals surface area (Å²) >= 11 is 0. The highest BCUT2D eigenvalue weighted by Crippen LogP contribution is 2.20. The van der Waals surface area contributed by atoms with Crippen LogP contribution in [-0.2, 0) is 0 Å². The molecule has 1 atom stereocenters. The summed E-state index contributed by atoms with van der Waals surface area (Å²) in [5.74, 6) is 1.60. The van der Waals surface area contributed by atoms with Crippen LogP contribution in [0.4, 0.5) is 11.5 Å². The molecule has 96 valence electrons. The Kier molecular flexibility index (Phi) is 5.56. The Bertz CT molecular complexity index is 345. The van der Waals surface area contributed by atoms with Gasteiger partial charge in [-0.15, -0.1) is 0 Å². The molecule has 0 saturated heterocycles. The van der Waals surface area contributed by atoms with Crippen molar-refractivity contribution in [3.8, 4) is 5.88 Å². The number of nitrogen functional groups attached to an aromatic ring is 1. The van der Waals surface area contributed by atoms with Crippen molar-refractivity contribution in [2.45, 2.75) is 19.8 Å². The third-order valence-corrected chi connectivity index (χ3v) is 2.78. The molecule has 0 aliphatic carbocycles. The van der Waals surface area contributed by atoms with E-state index < -0.39 is 0 Å². The largest absolute Gasteiger partial charge is 0.481 e. The first-order chi connectivity index (χ1) is 8.21. The molecule has 0 bridgehead atoms. The summed E-state index contributed by atoms with van der Waals surface area (Å²) < 4.78 is 5.04. The summed E-state index contributed by atoms with van der Waals surface area (Å²) in [7, 11) is 1.57. The number of nitrogens with zero attached hydrogens (tertiary/aromatic N) is 1. The van der Waals surface area contributed by atoms with Crippen molar-refractivity contribution in [1.82, 2.24) is 4.98 Å². The fourth-order valence-corrected chi connectivity index (χ4v) is 1.58. The molecule has 5 nitrogen and oxygen atoms in total. The van der Waals surface area contributed by atoms with Crippen LogP contribution in [0.1, 0.15) is 19.8 Å². The third kappa shape index (κ3) is 4.11. The van der Waals surface area contributed by atoms with Crippen LogP contribution in [-0.4, -0.2) is 30.4 Å². The van der Waals surface area contributed by atoms with Gasteiger partial charge in [0, 0.05) is 19.2 Å². The normalized spacial score (nSPS) is 12.2. The number of hydrogen-bond donors (Lipinski definition) is 3. The van der Waals surface area contributed by atoms with Gasteiger partial charge in [-0.2, -0.15) is 4.98 Å². The summed E-state index contributed by atoms with van der Waals surface area (Å²) in [4.78, 5) is 4.24. The van der Waals surface area contributed by atoms with Crippen LogP contribution >= 0.6 is 0 Å². The molecule has 0 amide bonds. The second-order valence-electron chi connectivity index (χ2n) is 3.96. The first-order valence-electron chi connectivity index (χ1n) is 5.86. The Labute approximate surface area is 102 Å². The third-order valence-electron chi connectivity index (χ3n) is 2.78. The Morgan fingerprint density at radius 2 is 2.29 bits per heavy atom. The smallest absolute Gasteiger partial charge is 0.215 e. The predicted molar refractivity (Wildman–Crippen MR) is 69.2 cm³/mol. The lowest BCUT2D eigenvalue weighted by Gasteiger charge is -2.16. The molecule has 0 aromatic carbocycles. The van der Waals surface area contributed by atoms with Gasteiger partial charge >= 0.3 is 0 Å². The maximum absolute atomic E-state index is 8.91. The number of aromatic nitrogens is 1. The van der Waals surface area contributed by atoms with Gasteiger partial charge in [0.25, 0.3) is 0 Å². The quantitative estimate of drug-likeness (QED) is 0.671. The lowest BCUT2D eigenvalue weighted by atomic mass is 10.0. The topological polar surface area (TPSA) is 80.4 Å². The lowest BCUT2D eigenvalue weighted by molar-refractivity contribution is 0.258. The Morgan fingerprint density at radius 3 is 2.88 bits per heavy atom. The zero-order valence-electron chi connectivity index (χ0n) is 10.4. The number of nitrogens with one attached hydrogen (secondary N) is 1. The molecule has 1 aromatic rings. The standard InChI is InChI=1S/C12H21N3O2/c1-3-9(6-7-16)8-14-12-10(13)4-5-11(15-12)17-2/h4-5,9,16H,3,6-8,13H2,1-2H3,(H,14,15). The zero-order valence-corrected chi connectivity index (χ0v) is 10.4. The van der Waals surface area contributed by atoms with Crippen LogP contribution in [0.25, 0.3) is 0 Å². The fourth-order valence-electron chi connectivity index (χ4n) is 1.58. The molecule has 0 aliphatic rings. The van der Waals surface area contributed by atoms with Crippen LogP contribution in [0, 0.1) is 5.92 Å². The second-order valence-corrected chi connectivity index (χ2v) is 3.96. The van der Waals surface area contributed by atoms with Crippen LogP contribution < -0.4 is 15.8 Å². The van der Waals surface area contributed by atoms with E-state index in [1.165, 1.54) is 0 Å². The first kappa shape index (κ1) is 13.6. The van der Waals surface area contributed by atoms with Gasteiger partial charge in [0.15, 0.2) is 5.82 Å². The molecular weight excluding hydrogens is 218 g/mol. The predicted octanol–water partition coefficient (Wildman–Crippen LogP) is 1.49. The van der Waals surface area contributed by atoms with Crippen LogP contribution in [0.2, 0.25) is 0 Å². The molecule has 1 aromatic heterocycles. The van der Waals surface area contributed by atoms with Gasteiger partial charge in [-0.1, -0.05) is 13.3 Å². The minimum Gasteiger partial charge on any atom is -0.481 e. The van der Waals surface area contributed by atoms with Crippen molar-refractivity contribution in [3.05, 3.63) is 12.1 Å².